The minimum absolute atomic E-state index is 0.0473. The molecule has 4 N–H and O–H groups in total. The summed E-state index contributed by atoms with van der Waals surface area (Å²) in [6.07, 6.45) is -3.60. The van der Waals surface area contributed by atoms with Crippen LogP contribution in [0.3, 0.4) is 0 Å². The van der Waals surface area contributed by atoms with Crippen molar-refractivity contribution in [1.82, 2.24) is 0 Å². The normalized spacial score (nSPS) is 50.1. The van der Waals surface area contributed by atoms with E-state index in [-0.39, 0.29) is 43.5 Å². The topological polar surface area (TPSA) is 141 Å². The Morgan fingerprint density at radius 2 is 1.88 bits per heavy atom. The molecule has 0 saturated heterocycles. The molecule has 3 saturated carbocycles. The first kappa shape index (κ1) is 23.5. The number of carbonyl (C=O) groups excluding carboxylic acids is 3. The number of ether oxygens (including phenoxy) is 1. The van der Waals surface area contributed by atoms with Gasteiger partial charge in [-0.15, -0.1) is 0 Å². The van der Waals surface area contributed by atoms with E-state index in [1.54, 1.807) is 13.8 Å². The smallest absolute Gasteiger partial charge is 0.303 e. The molecule has 9 heteroatoms. The second-order valence-corrected chi connectivity index (χ2v) is 10.5. The van der Waals surface area contributed by atoms with Gasteiger partial charge in [0.1, 0.15) is 11.7 Å². The number of ketones is 2. The third kappa shape index (κ3) is 2.71. The van der Waals surface area contributed by atoms with Crippen LogP contribution in [-0.2, 0) is 19.1 Å². The van der Waals surface area contributed by atoms with Crippen LogP contribution in [0.5, 0.6) is 0 Å². The van der Waals surface area contributed by atoms with Crippen molar-refractivity contribution in [2.45, 2.75) is 82.5 Å². The van der Waals surface area contributed by atoms with Gasteiger partial charge < -0.3 is 25.2 Å². The van der Waals surface area contributed by atoms with Crippen LogP contribution >= 0.6 is 0 Å². The molecule has 0 bridgehead atoms. The van der Waals surface area contributed by atoms with Gasteiger partial charge in [0.15, 0.2) is 18.1 Å². The number of halogens is 1. The molecular formula is C23H31FO8. The lowest BCUT2D eigenvalue weighted by Gasteiger charge is -2.65. The molecule has 0 unspecified atom stereocenters. The van der Waals surface area contributed by atoms with E-state index in [0.29, 0.717) is 0 Å². The van der Waals surface area contributed by atoms with Gasteiger partial charge in [0.05, 0.1) is 12.2 Å². The number of aliphatic hydroxyl groups excluding tert-OH is 3. The molecule has 0 aromatic heterocycles. The summed E-state index contributed by atoms with van der Waals surface area (Å²) in [6, 6.07) is 0. The standard InChI is InChI=1S/C23H31FO8/c1-11(25)32-10-16(28)22(31)7-5-13-17-19(30)18(29)14-8-12(26)4-6-20(14,2)23(17,24)15(27)9-21(13,22)3/h8,13,15,17-19,27,29-31H,4-7,9-10H2,1-3H3/t13-,15-,17+,18-,19+,20-,21-,22-,23+/m0/s1. The van der Waals surface area contributed by atoms with Crippen LogP contribution in [-0.4, -0.2) is 74.2 Å². The molecule has 0 aliphatic heterocycles. The summed E-state index contributed by atoms with van der Waals surface area (Å²) >= 11 is 0. The molecular weight excluding hydrogens is 423 g/mol. The highest BCUT2D eigenvalue weighted by Gasteiger charge is 2.77. The number of esters is 1. The van der Waals surface area contributed by atoms with Gasteiger partial charge in [-0.1, -0.05) is 13.8 Å². The summed E-state index contributed by atoms with van der Waals surface area (Å²) in [4.78, 5) is 36.0. The van der Waals surface area contributed by atoms with Gasteiger partial charge in [0.25, 0.3) is 0 Å². The highest BCUT2D eigenvalue weighted by atomic mass is 19.1. The lowest BCUT2D eigenvalue weighted by atomic mass is 9.42. The average Bonchev–Trinajstić information content (AvgIpc) is 2.98. The minimum Gasteiger partial charge on any atom is -0.458 e. The molecule has 0 aromatic carbocycles. The molecule has 9 atom stereocenters. The van der Waals surface area contributed by atoms with E-state index < -0.39 is 70.6 Å². The Kier molecular flexibility index (Phi) is 5.25. The fourth-order valence-electron chi connectivity index (χ4n) is 7.33. The van der Waals surface area contributed by atoms with Crippen molar-refractivity contribution < 1.29 is 43.9 Å². The first-order valence-electron chi connectivity index (χ1n) is 11.1. The van der Waals surface area contributed by atoms with E-state index in [1.807, 2.05) is 0 Å². The number of carbonyl (C=O) groups is 3. The SMILES string of the molecule is CC(=O)OCC(=O)[C@@]1(O)CC[C@H]2[C@@H]3[C@@H](O)[C@@H](O)C4=CC(=O)CC[C@]4(C)[C@@]3(F)[C@@H](O)C[C@@]21C. The number of Topliss-reactive ketones (excluding diaryl/α,β-unsaturated/α-hetero) is 1. The Morgan fingerprint density at radius 1 is 1.22 bits per heavy atom. The predicted octanol–water partition coefficient (Wildman–Crippen LogP) is 0.386. The summed E-state index contributed by atoms with van der Waals surface area (Å²) < 4.78 is 21.9. The van der Waals surface area contributed by atoms with E-state index in [4.69, 9.17) is 4.74 Å². The zero-order valence-corrected chi connectivity index (χ0v) is 18.5. The maximum atomic E-state index is 17.1. The van der Waals surface area contributed by atoms with E-state index in [2.05, 4.69) is 0 Å². The van der Waals surface area contributed by atoms with Crippen molar-refractivity contribution in [3.8, 4) is 0 Å². The maximum Gasteiger partial charge on any atom is 0.303 e. The summed E-state index contributed by atoms with van der Waals surface area (Å²) in [6.45, 7) is 3.63. The van der Waals surface area contributed by atoms with Crippen LogP contribution in [0, 0.1) is 22.7 Å². The highest BCUT2D eigenvalue weighted by molar-refractivity contribution is 5.92. The van der Waals surface area contributed by atoms with Gasteiger partial charge in [0.2, 0.25) is 5.78 Å². The van der Waals surface area contributed by atoms with Crippen LogP contribution in [0.15, 0.2) is 11.6 Å². The van der Waals surface area contributed by atoms with E-state index in [0.717, 1.165) is 6.92 Å². The Labute approximate surface area is 185 Å². The molecule has 4 aliphatic rings. The summed E-state index contributed by atoms with van der Waals surface area (Å²) in [7, 11) is 0. The molecule has 0 radical (unpaired) electrons. The van der Waals surface area contributed by atoms with Gasteiger partial charge in [-0.3, -0.25) is 14.4 Å². The lowest BCUT2D eigenvalue weighted by molar-refractivity contribution is -0.261. The van der Waals surface area contributed by atoms with Crippen molar-refractivity contribution in [3.05, 3.63) is 11.6 Å². The summed E-state index contributed by atoms with van der Waals surface area (Å²) in [5.41, 5.74) is -6.96. The van der Waals surface area contributed by atoms with Gasteiger partial charge in [0, 0.05) is 30.1 Å². The van der Waals surface area contributed by atoms with Crippen LogP contribution in [0.25, 0.3) is 0 Å². The molecule has 0 amide bonds. The second kappa shape index (κ2) is 7.16. The summed E-state index contributed by atoms with van der Waals surface area (Å²) in [5, 5.41) is 44.6. The fraction of sp³-hybridized carbons (Fsp3) is 0.783. The number of hydrogen-bond acceptors (Lipinski definition) is 8. The molecule has 8 nitrogen and oxygen atoms in total. The van der Waals surface area contributed by atoms with E-state index in [1.165, 1.54) is 6.08 Å². The molecule has 4 aliphatic carbocycles. The van der Waals surface area contributed by atoms with Crippen molar-refractivity contribution in [2.75, 3.05) is 6.61 Å². The van der Waals surface area contributed by atoms with Crippen LogP contribution in [0.4, 0.5) is 4.39 Å². The average molecular weight is 454 g/mol. The van der Waals surface area contributed by atoms with E-state index in [9.17, 15) is 34.8 Å². The Hall–Kier alpha value is -1.68. The zero-order valence-electron chi connectivity index (χ0n) is 18.5. The molecule has 32 heavy (non-hydrogen) atoms. The maximum absolute atomic E-state index is 17.1. The van der Waals surface area contributed by atoms with Gasteiger partial charge in [-0.2, -0.15) is 0 Å². The molecule has 3 fully saturated rings. The Balaban J connectivity index is 1.79. The summed E-state index contributed by atoms with van der Waals surface area (Å²) in [5.74, 6) is -3.69. The van der Waals surface area contributed by atoms with Crippen LogP contribution in [0.2, 0.25) is 0 Å². The Bertz CT molecular complexity index is 902. The second-order valence-electron chi connectivity index (χ2n) is 10.5. The van der Waals surface area contributed by atoms with Crippen molar-refractivity contribution in [3.63, 3.8) is 0 Å². The van der Waals surface area contributed by atoms with Crippen LogP contribution in [0.1, 0.15) is 52.9 Å². The number of hydrogen-bond donors (Lipinski definition) is 4. The van der Waals surface area contributed by atoms with E-state index >= 15 is 4.39 Å². The monoisotopic (exact) mass is 454 g/mol. The Morgan fingerprint density at radius 3 is 2.50 bits per heavy atom. The molecule has 0 aromatic rings. The van der Waals surface area contributed by atoms with Crippen molar-refractivity contribution in [2.24, 2.45) is 22.7 Å². The largest absolute Gasteiger partial charge is 0.458 e. The van der Waals surface area contributed by atoms with Gasteiger partial charge in [-0.05, 0) is 43.3 Å². The fourth-order valence-corrected chi connectivity index (χ4v) is 7.33. The highest BCUT2D eigenvalue weighted by Crippen LogP contribution is 2.70. The molecule has 0 heterocycles. The quantitative estimate of drug-likeness (QED) is 0.449. The molecule has 0 spiro atoms. The van der Waals surface area contributed by atoms with Crippen molar-refractivity contribution >= 4 is 17.5 Å². The zero-order chi connectivity index (χ0) is 23.9. The number of aliphatic hydroxyl groups is 4. The van der Waals surface area contributed by atoms with Gasteiger partial charge >= 0.3 is 5.97 Å². The van der Waals surface area contributed by atoms with Gasteiger partial charge in [-0.25, -0.2) is 4.39 Å². The molecule has 178 valence electrons. The first-order chi connectivity index (χ1) is 14.7. The number of alkyl halides is 1. The minimum atomic E-state index is -2.37. The third-order valence-corrected chi connectivity index (χ3v) is 9.15. The van der Waals surface area contributed by atoms with Crippen molar-refractivity contribution in [1.29, 1.82) is 0 Å². The first-order valence-corrected chi connectivity index (χ1v) is 11.1. The number of rotatable bonds is 3. The predicted molar refractivity (Wildman–Crippen MR) is 108 cm³/mol. The molecule has 4 rings (SSSR count). The van der Waals surface area contributed by atoms with Crippen LogP contribution < -0.4 is 0 Å². The lowest BCUT2D eigenvalue weighted by Crippen LogP contribution is -2.74. The number of fused-ring (bicyclic) bond motifs is 5. The third-order valence-electron chi connectivity index (χ3n) is 9.15.